The first-order valence-corrected chi connectivity index (χ1v) is 14.8. The zero-order chi connectivity index (χ0) is 29.1. The van der Waals surface area contributed by atoms with Gasteiger partial charge in [0.15, 0.2) is 0 Å². The van der Waals surface area contributed by atoms with Gasteiger partial charge in [0.1, 0.15) is 6.04 Å². The zero-order valence-corrected chi connectivity index (χ0v) is 24.5. The van der Waals surface area contributed by atoms with Gasteiger partial charge in [0.2, 0.25) is 17.6 Å². The summed E-state index contributed by atoms with van der Waals surface area (Å²) in [5, 5.41) is 17.5. The molecule has 1 aliphatic heterocycles. The number of amides is 2. The Bertz CT molecular complexity index is 1530. The normalized spacial score (nSPS) is 17.2. The Hall–Kier alpha value is -4.02. The Morgan fingerprint density at radius 1 is 1.12 bits per heavy atom. The van der Waals surface area contributed by atoms with Crippen molar-refractivity contribution in [3.63, 3.8) is 0 Å². The number of tetrazole rings is 1. The van der Waals surface area contributed by atoms with Gasteiger partial charge in [-0.25, -0.2) is 0 Å². The number of fused-ring (bicyclic) bond motifs is 1. The van der Waals surface area contributed by atoms with Gasteiger partial charge in [0.25, 0.3) is 0 Å². The standard InChI is InChI=1S/C31H35N7O2S/c1-19-15-26(33-28(39)17-31(2,3)32)30(40)38(27-14-13-22(41-4)16-25(19)27)18-20-9-11-21(12-10-20)23-7-5-6-8-24(23)29-34-36-37-35-29/h5-14,16,19,26H,15,17-18,32H2,1-4H3,(H,33,39)(H,34,35,36,37). The summed E-state index contributed by atoms with van der Waals surface area (Å²) in [5.74, 6) is 0.262. The second-order valence-corrected chi connectivity index (χ2v) is 12.1. The minimum Gasteiger partial charge on any atom is -0.344 e. The first-order valence-electron chi connectivity index (χ1n) is 13.6. The number of nitrogens with zero attached hydrogens (tertiary/aromatic N) is 4. The van der Waals surface area contributed by atoms with Gasteiger partial charge < -0.3 is 16.0 Å². The first kappa shape index (κ1) is 28.5. The molecule has 2 heterocycles. The van der Waals surface area contributed by atoms with E-state index >= 15 is 0 Å². The van der Waals surface area contributed by atoms with E-state index in [0.29, 0.717) is 18.8 Å². The van der Waals surface area contributed by atoms with Crippen molar-refractivity contribution in [1.29, 1.82) is 0 Å². The molecule has 0 saturated heterocycles. The second kappa shape index (κ2) is 11.8. The van der Waals surface area contributed by atoms with Crippen molar-refractivity contribution in [3.8, 4) is 22.5 Å². The number of carbonyl (C=O) groups excluding carboxylic acids is 2. The third-order valence-corrected chi connectivity index (χ3v) is 8.01. The van der Waals surface area contributed by atoms with Crippen LogP contribution >= 0.6 is 11.8 Å². The van der Waals surface area contributed by atoms with Crippen LogP contribution in [0.3, 0.4) is 0 Å². The second-order valence-electron chi connectivity index (χ2n) is 11.2. The van der Waals surface area contributed by atoms with Gasteiger partial charge in [0.05, 0.1) is 6.54 Å². The Balaban J connectivity index is 1.45. The fourth-order valence-electron chi connectivity index (χ4n) is 5.31. The van der Waals surface area contributed by atoms with E-state index in [4.69, 9.17) is 5.73 Å². The van der Waals surface area contributed by atoms with Gasteiger partial charge in [0, 0.05) is 28.1 Å². The maximum absolute atomic E-state index is 14.0. The summed E-state index contributed by atoms with van der Waals surface area (Å²) in [5.41, 5.74) is 11.2. The summed E-state index contributed by atoms with van der Waals surface area (Å²) in [4.78, 5) is 29.8. The van der Waals surface area contributed by atoms with Crippen LogP contribution in [0, 0.1) is 0 Å². The molecule has 212 valence electrons. The maximum Gasteiger partial charge on any atom is 0.249 e. The van der Waals surface area contributed by atoms with Crippen molar-refractivity contribution < 1.29 is 9.59 Å². The van der Waals surface area contributed by atoms with Crippen LogP contribution in [0.25, 0.3) is 22.5 Å². The van der Waals surface area contributed by atoms with Gasteiger partial charge in [-0.2, -0.15) is 5.21 Å². The van der Waals surface area contributed by atoms with Gasteiger partial charge in [-0.05, 0) is 78.1 Å². The highest BCUT2D eigenvalue weighted by atomic mass is 32.2. The molecule has 4 aromatic rings. The van der Waals surface area contributed by atoms with Crippen molar-refractivity contribution in [2.24, 2.45) is 5.73 Å². The number of anilines is 1. The number of benzene rings is 3. The van der Waals surface area contributed by atoms with Gasteiger partial charge >= 0.3 is 0 Å². The van der Waals surface area contributed by atoms with Crippen LogP contribution in [-0.4, -0.2) is 50.3 Å². The third kappa shape index (κ3) is 6.49. The lowest BCUT2D eigenvalue weighted by atomic mass is 9.94. The monoisotopic (exact) mass is 569 g/mol. The van der Waals surface area contributed by atoms with Crippen LogP contribution in [0.1, 0.15) is 50.7 Å². The summed E-state index contributed by atoms with van der Waals surface area (Å²) in [7, 11) is 0. The van der Waals surface area contributed by atoms with Gasteiger partial charge in [-0.15, -0.1) is 22.0 Å². The van der Waals surface area contributed by atoms with E-state index in [9.17, 15) is 9.59 Å². The molecule has 4 N–H and O–H groups in total. The Kier molecular flexibility index (Phi) is 8.23. The fraction of sp³-hybridized carbons (Fsp3) is 0.323. The SMILES string of the molecule is CSc1ccc2c(c1)C(C)CC(NC(=O)CC(C)(C)N)C(=O)N2Cc1ccc(-c2ccccc2-c2nn[nH]n2)cc1. The zero-order valence-electron chi connectivity index (χ0n) is 23.7. The lowest BCUT2D eigenvalue weighted by molar-refractivity contribution is -0.128. The molecule has 0 fully saturated rings. The smallest absolute Gasteiger partial charge is 0.249 e. The lowest BCUT2D eigenvalue weighted by Gasteiger charge is -2.27. The third-order valence-electron chi connectivity index (χ3n) is 7.28. The number of carbonyl (C=O) groups is 2. The Morgan fingerprint density at radius 2 is 1.85 bits per heavy atom. The van der Waals surface area contributed by atoms with Crippen LogP contribution in [0.4, 0.5) is 5.69 Å². The summed E-state index contributed by atoms with van der Waals surface area (Å²) in [6, 6.07) is 21.6. The van der Waals surface area contributed by atoms with E-state index in [-0.39, 0.29) is 24.2 Å². The van der Waals surface area contributed by atoms with Crippen LogP contribution in [-0.2, 0) is 16.1 Å². The van der Waals surface area contributed by atoms with Crippen molar-refractivity contribution in [1.82, 2.24) is 25.9 Å². The van der Waals surface area contributed by atoms with Crippen molar-refractivity contribution >= 4 is 29.3 Å². The number of aromatic nitrogens is 4. The van der Waals surface area contributed by atoms with Crippen molar-refractivity contribution in [3.05, 3.63) is 77.9 Å². The van der Waals surface area contributed by atoms with Crippen LogP contribution in [0.5, 0.6) is 0 Å². The number of aromatic amines is 1. The molecule has 2 unspecified atom stereocenters. The minimum atomic E-state index is -0.663. The molecule has 0 saturated carbocycles. The average molecular weight is 570 g/mol. The van der Waals surface area contributed by atoms with Crippen molar-refractivity contribution in [2.75, 3.05) is 11.2 Å². The lowest BCUT2D eigenvalue weighted by Crippen LogP contribution is -2.50. The van der Waals surface area contributed by atoms with Gasteiger partial charge in [-0.1, -0.05) is 55.5 Å². The number of nitrogens with two attached hydrogens (primary N) is 1. The fourth-order valence-corrected chi connectivity index (χ4v) is 5.76. The minimum absolute atomic E-state index is 0.0752. The Labute approximate surface area is 244 Å². The summed E-state index contributed by atoms with van der Waals surface area (Å²) in [6.45, 7) is 6.10. The van der Waals surface area contributed by atoms with E-state index in [0.717, 1.165) is 38.4 Å². The van der Waals surface area contributed by atoms with E-state index in [1.807, 2.05) is 71.8 Å². The van der Waals surface area contributed by atoms with Gasteiger partial charge in [-0.3, -0.25) is 9.59 Å². The van der Waals surface area contributed by atoms with E-state index in [1.165, 1.54) is 0 Å². The highest BCUT2D eigenvalue weighted by molar-refractivity contribution is 7.98. The number of rotatable bonds is 8. The number of hydrogen-bond acceptors (Lipinski definition) is 7. The molecule has 1 aliphatic rings. The molecule has 0 spiro atoms. The average Bonchev–Trinajstić information content (AvgIpc) is 3.47. The summed E-state index contributed by atoms with van der Waals surface area (Å²) in [6.07, 6.45) is 2.70. The number of nitrogens with one attached hydrogen (secondary N) is 2. The quantitative estimate of drug-likeness (QED) is 0.257. The highest BCUT2D eigenvalue weighted by Crippen LogP contribution is 2.38. The largest absolute Gasteiger partial charge is 0.344 e. The molecule has 9 nitrogen and oxygen atoms in total. The molecule has 0 bridgehead atoms. The number of H-pyrrole nitrogens is 1. The molecule has 2 atom stereocenters. The maximum atomic E-state index is 14.0. The van der Waals surface area contributed by atoms with E-state index in [1.54, 1.807) is 25.6 Å². The molecule has 1 aromatic heterocycles. The predicted molar refractivity (Wildman–Crippen MR) is 162 cm³/mol. The number of hydrogen-bond donors (Lipinski definition) is 3. The Morgan fingerprint density at radius 3 is 2.51 bits per heavy atom. The van der Waals surface area contributed by atoms with Crippen LogP contribution in [0.2, 0.25) is 0 Å². The van der Waals surface area contributed by atoms with Crippen LogP contribution in [0.15, 0.2) is 71.6 Å². The molecule has 5 rings (SSSR count). The van der Waals surface area contributed by atoms with Crippen LogP contribution < -0.4 is 16.0 Å². The molecule has 0 aliphatic carbocycles. The van der Waals surface area contributed by atoms with E-state index < -0.39 is 11.6 Å². The highest BCUT2D eigenvalue weighted by Gasteiger charge is 2.35. The topological polar surface area (TPSA) is 130 Å². The molecule has 41 heavy (non-hydrogen) atoms. The predicted octanol–water partition coefficient (Wildman–Crippen LogP) is 4.91. The molecule has 3 aromatic carbocycles. The van der Waals surface area contributed by atoms with E-state index in [2.05, 4.69) is 38.9 Å². The molecule has 10 heteroatoms. The summed E-state index contributed by atoms with van der Waals surface area (Å²) < 4.78 is 0. The number of thioether (sulfide) groups is 1. The molecule has 2 amide bonds. The molecular formula is C31H35N7O2S. The first-order chi connectivity index (χ1) is 19.6. The van der Waals surface area contributed by atoms with Crippen molar-refractivity contribution in [2.45, 2.75) is 62.6 Å². The summed E-state index contributed by atoms with van der Waals surface area (Å²) >= 11 is 1.67. The molecular weight excluding hydrogens is 534 g/mol. The molecule has 0 radical (unpaired) electrons.